The van der Waals surface area contributed by atoms with Crippen molar-refractivity contribution in [1.29, 1.82) is 0 Å². The first kappa shape index (κ1) is 24.3. The highest BCUT2D eigenvalue weighted by Crippen LogP contribution is 2.34. The zero-order chi connectivity index (χ0) is 25.8. The van der Waals surface area contributed by atoms with Crippen molar-refractivity contribution in [3.8, 4) is 5.75 Å². The molecule has 2 heterocycles. The Morgan fingerprint density at radius 3 is 2.49 bits per heavy atom. The Labute approximate surface area is 215 Å². The van der Waals surface area contributed by atoms with Gasteiger partial charge in [0.1, 0.15) is 22.7 Å². The summed E-state index contributed by atoms with van der Waals surface area (Å²) in [4.78, 5) is 17.2. The predicted octanol–water partition coefficient (Wildman–Crippen LogP) is 5.54. The highest BCUT2D eigenvalue weighted by molar-refractivity contribution is 5.83. The molecule has 2 aromatic heterocycles. The number of furan rings is 1. The van der Waals surface area contributed by atoms with Gasteiger partial charge in [-0.3, -0.25) is 9.78 Å². The standard InChI is InChI=1S/C31H28N2O4/c1-31(35,24-14-16-32-17-15-24)28-20-23-18-21(12-13-26(23)37-28)19-29(34)33-30(22-8-4-3-5-9-22)25-10-6-7-11-27(25)36-2/h3-18,20,30,35H,19H2,1-2H3,(H,33,34). The molecule has 1 amide bonds. The van der Waals surface area contributed by atoms with Gasteiger partial charge < -0.3 is 19.6 Å². The zero-order valence-corrected chi connectivity index (χ0v) is 20.7. The molecule has 6 nitrogen and oxygen atoms in total. The first-order valence-electron chi connectivity index (χ1n) is 12.1. The summed E-state index contributed by atoms with van der Waals surface area (Å²) in [5.74, 6) is 1.02. The highest BCUT2D eigenvalue weighted by Gasteiger charge is 2.30. The fourth-order valence-electron chi connectivity index (χ4n) is 4.55. The summed E-state index contributed by atoms with van der Waals surface area (Å²) in [6.45, 7) is 1.69. The third-order valence-corrected chi connectivity index (χ3v) is 6.56. The zero-order valence-electron chi connectivity index (χ0n) is 20.7. The predicted molar refractivity (Wildman–Crippen MR) is 142 cm³/mol. The van der Waals surface area contributed by atoms with Crippen molar-refractivity contribution in [3.63, 3.8) is 0 Å². The van der Waals surface area contributed by atoms with Gasteiger partial charge in [-0.15, -0.1) is 0 Å². The molecule has 5 rings (SSSR count). The van der Waals surface area contributed by atoms with Gasteiger partial charge in [-0.1, -0.05) is 54.6 Å². The minimum absolute atomic E-state index is 0.119. The Bertz CT molecular complexity index is 1510. The average Bonchev–Trinajstić information content (AvgIpc) is 3.37. The van der Waals surface area contributed by atoms with Crippen molar-refractivity contribution < 1.29 is 19.1 Å². The molecule has 2 atom stereocenters. The molecule has 37 heavy (non-hydrogen) atoms. The number of benzene rings is 3. The first-order chi connectivity index (χ1) is 18.0. The number of carbonyl (C=O) groups is 1. The second kappa shape index (κ2) is 10.3. The minimum Gasteiger partial charge on any atom is -0.496 e. The van der Waals surface area contributed by atoms with Gasteiger partial charge in [0.15, 0.2) is 0 Å². The van der Waals surface area contributed by atoms with Gasteiger partial charge in [0.05, 0.1) is 19.6 Å². The Morgan fingerprint density at radius 2 is 1.73 bits per heavy atom. The van der Waals surface area contributed by atoms with Crippen molar-refractivity contribution in [2.75, 3.05) is 7.11 Å². The van der Waals surface area contributed by atoms with E-state index >= 15 is 0 Å². The Morgan fingerprint density at radius 1 is 1.00 bits per heavy atom. The number of nitrogens with zero attached hydrogens (tertiary/aromatic N) is 1. The monoisotopic (exact) mass is 492 g/mol. The number of nitrogens with one attached hydrogen (secondary N) is 1. The molecule has 5 aromatic rings. The van der Waals surface area contributed by atoms with E-state index in [9.17, 15) is 9.90 Å². The van der Waals surface area contributed by atoms with Crippen LogP contribution in [0.25, 0.3) is 11.0 Å². The molecule has 0 aliphatic rings. The number of pyridine rings is 1. The highest BCUT2D eigenvalue weighted by atomic mass is 16.5. The average molecular weight is 493 g/mol. The van der Waals surface area contributed by atoms with Gasteiger partial charge in [0, 0.05) is 23.3 Å². The van der Waals surface area contributed by atoms with Crippen LogP contribution in [0.3, 0.4) is 0 Å². The summed E-state index contributed by atoms with van der Waals surface area (Å²) in [7, 11) is 1.63. The molecular weight excluding hydrogens is 464 g/mol. The lowest BCUT2D eigenvalue weighted by Gasteiger charge is -2.22. The van der Waals surface area contributed by atoms with E-state index in [4.69, 9.17) is 9.15 Å². The molecule has 0 bridgehead atoms. The molecule has 0 spiro atoms. The smallest absolute Gasteiger partial charge is 0.225 e. The van der Waals surface area contributed by atoms with Gasteiger partial charge in [0.25, 0.3) is 0 Å². The van der Waals surface area contributed by atoms with E-state index in [0.29, 0.717) is 22.7 Å². The number of para-hydroxylation sites is 1. The van der Waals surface area contributed by atoms with Crippen LogP contribution in [0.4, 0.5) is 0 Å². The minimum atomic E-state index is -1.31. The van der Waals surface area contributed by atoms with E-state index in [0.717, 1.165) is 22.1 Å². The third-order valence-electron chi connectivity index (χ3n) is 6.56. The number of carbonyl (C=O) groups excluding carboxylic acids is 1. The SMILES string of the molecule is COc1ccccc1C(NC(=O)Cc1ccc2oc(C(C)(O)c3ccncc3)cc2c1)c1ccccc1. The van der Waals surface area contributed by atoms with Crippen molar-refractivity contribution in [2.24, 2.45) is 0 Å². The molecular formula is C31H28N2O4. The van der Waals surface area contributed by atoms with Crippen LogP contribution < -0.4 is 10.1 Å². The summed E-state index contributed by atoms with van der Waals surface area (Å²) in [5, 5.41) is 15.1. The van der Waals surface area contributed by atoms with Crippen LogP contribution in [0.1, 0.15) is 41.0 Å². The van der Waals surface area contributed by atoms with E-state index in [2.05, 4.69) is 10.3 Å². The van der Waals surface area contributed by atoms with Crippen LogP contribution in [0.5, 0.6) is 5.75 Å². The molecule has 6 heteroatoms. The molecule has 186 valence electrons. The second-order valence-corrected chi connectivity index (χ2v) is 9.12. The van der Waals surface area contributed by atoms with Crippen LogP contribution in [0.2, 0.25) is 0 Å². The van der Waals surface area contributed by atoms with Gasteiger partial charge in [-0.25, -0.2) is 0 Å². The summed E-state index contributed by atoms with van der Waals surface area (Å²) >= 11 is 0. The topological polar surface area (TPSA) is 84.6 Å². The maximum absolute atomic E-state index is 13.2. The lowest BCUT2D eigenvalue weighted by atomic mass is 9.94. The van der Waals surface area contributed by atoms with E-state index in [1.165, 1.54) is 0 Å². The molecule has 2 N–H and O–H groups in total. The lowest BCUT2D eigenvalue weighted by Crippen LogP contribution is -2.30. The summed E-state index contributed by atoms with van der Waals surface area (Å²) in [6.07, 6.45) is 3.46. The van der Waals surface area contributed by atoms with E-state index in [-0.39, 0.29) is 18.4 Å². The molecule has 0 aliphatic carbocycles. The Hall–Kier alpha value is -4.42. The number of aliphatic hydroxyl groups is 1. The molecule has 0 saturated heterocycles. The van der Waals surface area contributed by atoms with Gasteiger partial charge in [-0.05, 0) is 60.0 Å². The quantitative estimate of drug-likeness (QED) is 0.297. The molecule has 3 aromatic carbocycles. The van der Waals surface area contributed by atoms with Gasteiger partial charge >= 0.3 is 0 Å². The Kier molecular flexibility index (Phi) is 6.75. The van der Waals surface area contributed by atoms with Crippen molar-refractivity contribution in [2.45, 2.75) is 25.0 Å². The van der Waals surface area contributed by atoms with E-state index in [1.807, 2.05) is 78.9 Å². The Balaban J connectivity index is 1.39. The first-order valence-corrected chi connectivity index (χ1v) is 12.1. The van der Waals surface area contributed by atoms with Crippen molar-refractivity contribution in [1.82, 2.24) is 10.3 Å². The lowest BCUT2D eigenvalue weighted by molar-refractivity contribution is -0.120. The summed E-state index contributed by atoms with van der Waals surface area (Å²) in [6, 6.07) is 28.1. The van der Waals surface area contributed by atoms with Crippen LogP contribution in [-0.4, -0.2) is 23.1 Å². The number of hydrogen-bond donors (Lipinski definition) is 2. The van der Waals surface area contributed by atoms with Gasteiger partial charge in [0.2, 0.25) is 5.91 Å². The number of amides is 1. The van der Waals surface area contributed by atoms with Crippen molar-refractivity contribution >= 4 is 16.9 Å². The number of hydrogen-bond acceptors (Lipinski definition) is 5. The molecule has 2 unspecified atom stereocenters. The number of fused-ring (bicyclic) bond motifs is 1. The number of aromatic nitrogens is 1. The van der Waals surface area contributed by atoms with E-state index < -0.39 is 5.60 Å². The fraction of sp³-hybridized carbons (Fsp3) is 0.161. The van der Waals surface area contributed by atoms with E-state index in [1.54, 1.807) is 38.6 Å². The van der Waals surface area contributed by atoms with Crippen LogP contribution in [0.15, 0.2) is 108 Å². The number of ether oxygens (including phenoxy) is 1. The number of rotatable bonds is 8. The van der Waals surface area contributed by atoms with Crippen LogP contribution in [0, 0.1) is 0 Å². The third kappa shape index (κ3) is 5.10. The van der Waals surface area contributed by atoms with Crippen molar-refractivity contribution in [3.05, 3.63) is 131 Å². The molecule has 0 aliphatic heterocycles. The maximum atomic E-state index is 13.2. The summed E-state index contributed by atoms with van der Waals surface area (Å²) < 4.78 is 11.5. The summed E-state index contributed by atoms with van der Waals surface area (Å²) in [5.41, 5.74) is 2.71. The van der Waals surface area contributed by atoms with Gasteiger partial charge in [-0.2, -0.15) is 0 Å². The molecule has 0 radical (unpaired) electrons. The number of methoxy groups -OCH3 is 1. The fourth-order valence-corrected chi connectivity index (χ4v) is 4.55. The molecule has 0 fully saturated rings. The largest absolute Gasteiger partial charge is 0.496 e. The van der Waals surface area contributed by atoms with Crippen LogP contribution in [-0.2, 0) is 16.8 Å². The second-order valence-electron chi connectivity index (χ2n) is 9.12. The maximum Gasteiger partial charge on any atom is 0.225 e. The molecule has 0 saturated carbocycles. The normalized spacial score (nSPS) is 13.6. The van der Waals surface area contributed by atoms with Crippen LogP contribution >= 0.6 is 0 Å².